The molecule has 0 fully saturated rings. The van der Waals surface area contributed by atoms with Crippen LogP contribution in [0.2, 0.25) is 19.6 Å². The molecule has 0 spiro atoms. The van der Waals surface area contributed by atoms with E-state index in [1.54, 1.807) is 0 Å². The van der Waals surface area contributed by atoms with E-state index in [1.807, 2.05) is 68.6 Å². The van der Waals surface area contributed by atoms with Crippen LogP contribution in [0, 0.1) is 31.9 Å². The fourth-order valence-corrected chi connectivity index (χ4v) is 9.36. The van der Waals surface area contributed by atoms with Gasteiger partial charge in [-0.1, -0.05) is 135 Å². The van der Waals surface area contributed by atoms with Crippen molar-refractivity contribution < 1.29 is 27.3 Å². The Balaban J connectivity index is 0.000000199. The maximum Gasteiger partial charge on any atom is 0.120 e. The number of furan rings is 1. The minimum absolute atomic E-state index is 0. The summed E-state index contributed by atoms with van der Waals surface area (Å²) in [5.74, 6) is -0.0707. The number of benzene rings is 6. The fraction of sp³-hybridized carbons (Fsp3) is 0.192. The first-order valence-corrected chi connectivity index (χ1v) is 23.0. The summed E-state index contributed by atoms with van der Waals surface area (Å²) in [7, 11) is -1.67. The normalized spacial score (nSPS) is 14.3. The van der Waals surface area contributed by atoms with Crippen LogP contribution in [0.5, 0.6) is 0 Å². The first kappa shape index (κ1) is 37.4. The third-order valence-electron chi connectivity index (χ3n) is 10.5. The van der Waals surface area contributed by atoms with Crippen molar-refractivity contribution in [1.29, 1.82) is 0 Å². The Morgan fingerprint density at radius 2 is 1.46 bits per heavy atom. The Hall–Kier alpha value is -5.19. The summed E-state index contributed by atoms with van der Waals surface area (Å²) in [5.41, 5.74) is 14.7. The smallest absolute Gasteiger partial charge is 0.120 e. The van der Waals surface area contributed by atoms with Crippen LogP contribution >= 0.6 is 0 Å². The Morgan fingerprint density at radius 1 is 0.754 bits per heavy atom. The summed E-state index contributed by atoms with van der Waals surface area (Å²) in [4.78, 5) is 9.77. The molecule has 0 bridgehead atoms. The Labute approximate surface area is 355 Å². The Bertz CT molecular complexity index is 2780. The predicted molar refractivity (Wildman–Crippen MR) is 238 cm³/mol. The topological polar surface area (TPSA) is 38.4 Å². The number of fused-ring (bicyclic) bond motifs is 4. The van der Waals surface area contributed by atoms with E-state index in [2.05, 4.69) is 136 Å². The molecule has 0 amide bonds. The quantitative estimate of drug-likeness (QED) is 0.118. The molecular weight excluding hydrogens is 889 g/mol. The van der Waals surface area contributed by atoms with Crippen LogP contribution in [-0.4, -0.2) is 18.8 Å². The molecule has 0 aliphatic carbocycles. The van der Waals surface area contributed by atoms with Crippen molar-refractivity contribution in [2.24, 2.45) is 10.9 Å². The largest absolute Gasteiger partial charge is 0.501 e. The first-order chi connectivity index (χ1) is 27.8. The zero-order valence-electron chi connectivity index (χ0n) is 35.6. The molecule has 0 N–H and O–H groups in total. The summed E-state index contributed by atoms with van der Waals surface area (Å²) >= 11 is 0. The zero-order chi connectivity index (χ0) is 40.8. The van der Waals surface area contributed by atoms with Gasteiger partial charge in [-0.05, 0) is 88.2 Å². The Morgan fingerprint density at radius 3 is 2.18 bits per heavy atom. The number of rotatable bonds is 7. The molecular formula is C52H48IrN2OSi-2. The molecule has 2 aromatic heterocycles. The third kappa shape index (κ3) is 8.16. The molecule has 6 aromatic carbocycles. The van der Waals surface area contributed by atoms with Gasteiger partial charge in [0.2, 0.25) is 0 Å². The van der Waals surface area contributed by atoms with E-state index in [1.165, 1.54) is 33.4 Å². The minimum atomic E-state index is -1.67. The number of para-hydroxylation sites is 2. The average Bonchev–Trinajstić information content (AvgIpc) is 3.80. The molecule has 1 unspecified atom stereocenters. The standard InChI is InChI=1S/C34H24NO.C18H24NSi.Ir/c1-21-19-24(23-11-4-3-5-12-23)20-22(2)31(21)32-27-14-6-8-17-29(27)35-33(32)28-16-10-15-26-25-13-7-9-18-30(25)36-34(26)28;1-14(2)11-16-12-17(15-9-7-6-8-10-15)19-13-18(16)20(3,4)5;/h3-15,17-20,32H,1-2H3;6-9,12-14H,11H2,1-5H3;/q2*-1;/i;11D2;. The van der Waals surface area contributed by atoms with Crippen molar-refractivity contribution in [3.8, 4) is 22.4 Å². The van der Waals surface area contributed by atoms with E-state index in [9.17, 15) is 0 Å². The van der Waals surface area contributed by atoms with Gasteiger partial charge in [-0.15, -0.1) is 54.1 Å². The van der Waals surface area contributed by atoms with Gasteiger partial charge < -0.3 is 9.40 Å². The molecule has 8 aromatic rings. The number of aliphatic imine (C=N–C) groups is 1. The van der Waals surface area contributed by atoms with Crippen LogP contribution in [-0.2, 0) is 26.5 Å². The van der Waals surface area contributed by atoms with Gasteiger partial charge in [0.1, 0.15) is 5.58 Å². The van der Waals surface area contributed by atoms with Crippen molar-refractivity contribution in [3.63, 3.8) is 0 Å². The number of aryl methyl sites for hydroxylation is 2. The number of hydrogen-bond acceptors (Lipinski definition) is 3. The Kier molecular flexibility index (Phi) is 11.0. The van der Waals surface area contributed by atoms with E-state index < -0.39 is 14.4 Å². The summed E-state index contributed by atoms with van der Waals surface area (Å²) in [5, 5.41) is 3.32. The number of aromatic nitrogens is 1. The molecule has 0 saturated heterocycles. The molecule has 1 radical (unpaired) electrons. The summed E-state index contributed by atoms with van der Waals surface area (Å²) in [6.07, 6.45) is 0.528. The first-order valence-electron chi connectivity index (χ1n) is 20.5. The zero-order valence-corrected chi connectivity index (χ0v) is 37.0. The van der Waals surface area contributed by atoms with Gasteiger partial charge in [-0.25, -0.2) is 0 Å². The second-order valence-corrected chi connectivity index (χ2v) is 21.1. The van der Waals surface area contributed by atoms with Gasteiger partial charge in [-0.2, -0.15) is 0 Å². The van der Waals surface area contributed by atoms with Gasteiger partial charge in [0.05, 0.1) is 19.3 Å². The second kappa shape index (κ2) is 16.7. The molecule has 1 atom stereocenters. The number of nitrogens with zero attached hydrogens (tertiary/aromatic N) is 2. The maximum atomic E-state index is 8.55. The summed E-state index contributed by atoms with van der Waals surface area (Å²) in [6.45, 7) is 15.0. The van der Waals surface area contributed by atoms with Crippen molar-refractivity contribution in [3.05, 3.63) is 185 Å². The predicted octanol–water partition coefficient (Wildman–Crippen LogP) is 13.2. The molecule has 1 aliphatic heterocycles. The van der Waals surface area contributed by atoms with Gasteiger partial charge in [0, 0.05) is 40.3 Å². The molecule has 5 heteroatoms. The molecule has 3 heterocycles. The third-order valence-corrected chi connectivity index (χ3v) is 12.5. The summed E-state index contributed by atoms with van der Waals surface area (Å²) < 4.78 is 23.5. The van der Waals surface area contributed by atoms with E-state index in [0.29, 0.717) is 0 Å². The molecule has 0 saturated carbocycles. The fourth-order valence-electron chi connectivity index (χ4n) is 7.96. The van der Waals surface area contributed by atoms with Crippen molar-refractivity contribution in [1.82, 2.24) is 4.98 Å². The van der Waals surface area contributed by atoms with Gasteiger partial charge >= 0.3 is 0 Å². The number of hydrogen-bond donors (Lipinski definition) is 0. The van der Waals surface area contributed by atoms with Crippen LogP contribution in [0.1, 0.15) is 55.9 Å². The van der Waals surface area contributed by atoms with Crippen LogP contribution in [0.4, 0.5) is 5.69 Å². The summed E-state index contributed by atoms with van der Waals surface area (Å²) in [6, 6.07) is 52.3. The van der Waals surface area contributed by atoms with Crippen molar-refractivity contribution in [2.45, 2.75) is 59.6 Å². The van der Waals surface area contributed by atoms with Crippen molar-refractivity contribution in [2.75, 3.05) is 0 Å². The molecule has 287 valence electrons. The van der Waals surface area contributed by atoms with E-state index >= 15 is 0 Å². The van der Waals surface area contributed by atoms with Crippen LogP contribution in [0.3, 0.4) is 0 Å². The van der Waals surface area contributed by atoms with E-state index in [4.69, 9.17) is 12.2 Å². The average molecular weight is 939 g/mol. The minimum Gasteiger partial charge on any atom is -0.501 e. The van der Waals surface area contributed by atoms with Crippen LogP contribution < -0.4 is 5.19 Å². The van der Waals surface area contributed by atoms with Crippen LogP contribution in [0.15, 0.2) is 149 Å². The maximum absolute atomic E-state index is 8.55. The number of pyridine rings is 1. The van der Waals surface area contributed by atoms with Gasteiger partial charge in [0.25, 0.3) is 0 Å². The SMILES string of the molecule is Cc1cc(-c2ccccc2)cc(C)c1C1C(c2[c-]ccc3c2oc2ccccc23)=Nc2ccccc21.[2H]C([2H])(c1cc(-c2[c-]cccc2)ncc1[Si](C)(C)C)C(C)C.[Ir]. The van der Waals surface area contributed by atoms with Crippen molar-refractivity contribution >= 4 is 46.6 Å². The molecule has 1 aliphatic rings. The van der Waals surface area contributed by atoms with Gasteiger partial charge in [0.15, 0.2) is 0 Å². The molecule has 57 heavy (non-hydrogen) atoms. The molecule has 3 nitrogen and oxygen atoms in total. The monoisotopic (exact) mass is 939 g/mol. The van der Waals surface area contributed by atoms with Gasteiger partial charge in [-0.3, -0.25) is 4.99 Å². The van der Waals surface area contributed by atoms with E-state index in [-0.39, 0.29) is 31.9 Å². The second-order valence-electron chi connectivity index (χ2n) is 16.0. The van der Waals surface area contributed by atoms with E-state index in [0.717, 1.165) is 60.9 Å². The van der Waals surface area contributed by atoms with Crippen LogP contribution in [0.25, 0.3) is 44.3 Å². The molecule has 9 rings (SSSR count).